The van der Waals surface area contributed by atoms with E-state index < -0.39 is 5.60 Å². The highest BCUT2D eigenvalue weighted by molar-refractivity contribution is 9.10. The predicted octanol–water partition coefficient (Wildman–Crippen LogP) is 4.52. The summed E-state index contributed by atoms with van der Waals surface area (Å²) in [4.78, 5) is 0. The Bertz CT molecular complexity index is 570. The molecule has 0 bridgehead atoms. The first-order chi connectivity index (χ1) is 8.88. The summed E-state index contributed by atoms with van der Waals surface area (Å²) in [5.74, 6) is 0. The summed E-state index contributed by atoms with van der Waals surface area (Å²) >= 11 is 3.43. The largest absolute Gasteiger partial charge is 0.385 e. The van der Waals surface area contributed by atoms with E-state index in [2.05, 4.69) is 41.9 Å². The molecule has 1 unspecified atom stereocenters. The highest BCUT2D eigenvalue weighted by Gasteiger charge is 2.25. The molecule has 1 N–H and O–H groups in total. The summed E-state index contributed by atoms with van der Waals surface area (Å²) in [5.41, 5.74) is 3.66. The van der Waals surface area contributed by atoms with Crippen molar-refractivity contribution in [2.45, 2.75) is 32.8 Å². The quantitative estimate of drug-likeness (QED) is 0.882. The van der Waals surface area contributed by atoms with Gasteiger partial charge in [0.15, 0.2) is 0 Å². The molecule has 0 amide bonds. The number of aryl methyl sites for hydroxylation is 2. The fraction of sp³-hybridized carbons (Fsp3) is 0.294. The zero-order valence-electron chi connectivity index (χ0n) is 11.6. The van der Waals surface area contributed by atoms with Crippen LogP contribution in [-0.2, 0) is 12.0 Å². The van der Waals surface area contributed by atoms with E-state index in [1.807, 2.05) is 37.3 Å². The minimum atomic E-state index is -0.842. The molecule has 0 spiro atoms. The lowest BCUT2D eigenvalue weighted by Gasteiger charge is -2.26. The molecule has 100 valence electrons. The van der Waals surface area contributed by atoms with Gasteiger partial charge in [0.25, 0.3) is 0 Å². The van der Waals surface area contributed by atoms with E-state index in [4.69, 9.17) is 0 Å². The van der Waals surface area contributed by atoms with Crippen LogP contribution in [0.15, 0.2) is 46.9 Å². The Morgan fingerprint density at radius 1 is 1.05 bits per heavy atom. The van der Waals surface area contributed by atoms with Crippen LogP contribution in [0.5, 0.6) is 0 Å². The normalized spacial score (nSPS) is 14.2. The van der Waals surface area contributed by atoms with Crippen molar-refractivity contribution in [1.29, 1.82) is 0 Å². The Kier molecular flexibility index (Phi) is 4.12. The van der Waals surface area contributed by atoms with Crippen LogP contribution in [0, 0.1) is 13.8 Å². The maximum absolute atomic E-state index is 10.8. The van der Waals surface area contributed by atoms with Crippen LogP contribution in [-0.4, -0.2) is 5.11 Å². The van der Waals surface area contributed by atoms with Crippen LogP contribution in [0.1, 0.15) is 29.2 Å². The molecule has 2 heteroatoms. The molecule has 1 nitrogen and oxygen atoms in total. The SMILES string of the molecule is Cc1ccc(C(C)(O)Cc2ccc(Br)cc2)c(C)c1. The molecule has 2 rings (SSSR count). The van der Waals surface area contributed by atoms with Gasteiger partial charge in [-0.25, -0.2) is 0 Å². The number of halogens is 1. The molecule has 1 atom stereocenters. The summed E-state index contributed by atoms with van der Waals surface area (Å²) in [6.45, 7) is 6.01. The topological polar surface area (TPSA) is 20.2 Å². The molecule has 2 aromatic carbocycles. The lowest BCUT2D eigenvalue weighted by molar-refractivity contribution is 0.0570. The van der Waals surface area contributed by atoms with Crippen molar-refractivity contribution in [3.63, 3.8) is 0 Å². The molecule has 0 aromatic heterocycles. The van der Waals surface area contributed by atoms with Crippen LogP contribution >= 0.6 is 15.9 Å². The number of benzene rings is 2. The van der Waals surface area contributed by atoms with Crippen molar-refractivity contribution in [2.24, 2.45) is 0 Å². The number of aliphatic hydroxyl groups is 1. The van der Waals surface area contributed by atoms with E-state index in [0.717, 1.165) is 21.2 Å². The summed E-state index contributed by atoms with van der Waals surface area (Å²) in [5, 5.41) is 10.8. The Balaban J connectivity index is 2.29. The van der Waals surface area contributed by atoms with Crippen molar-refractivity contribution >= 4 is 15.9 Å². The maximum Gasteiger partial charge on any atom is 0.0911 e. The molecule has 2 aromatic rings. The van der Waals surface area contributed by atoms with E-state index >= 15 is 0 Å². The van der Waals surface area contributed by atoms with E-state index in [0.29, 0.717) is 6.42 Å². The lowest BCUT2D eigenvalue weighted by atomic mass is 9.86. The van der Waals surface area contributed by atoms with E-state index in [-0.39, 0.29) is 0 Å². The van der Waals surface area contributed by atoms with Crippen LogP contribution < -0.4 is 0 Å². The van der Waals surface area contributed by atoms with Gasteiger partial charge < -0.3 is 5.11 Å². The van der Waals surface area contributed by atoms with Gasteiger partial charge in [0.05, 0.1) is 5.60 Å². The third kappa shape index (κ3) is 3.46. The second-order valence-electron chi connectivity index (χ2n) is 5.40. The standard InChI is InChI=1S/C17H19BrO/c1-12-4-9-16(13(2)10-12)17(3,19)11-14-5-7-15(18)8-6-14/h4-10,19H,11H2,1-3H3. The number of hydrogen-bond donors (Lipinski definition) is 1. The fourth-order valence-electron chi connectivity index (χ4n) is 2.51. The van der Waals surface area contributed by atoms with Gasteiger partial charge in [0.1, 0.15) is 0 Å². The van der Waals surface area contributed by atoms with E-state index in [1.165, 1.54) is 5.56 Å². The van der Waals surface area contributed by atoms with Gasteiger partial charge in [-0.2, -0.15) is 0 Å². The van der Waals surface area contributed by atoms with Crippen molar-refractivity contribution in [3.05, 3.63) is 69.2 Å². The second-order valence-corrected chi connectivity index (χ2v) is 6.31. The van der Waals surface area contributed by atoms with Crippen LogP contribution in [0.25, 0.3) is 0 Å². The Hall–Kier alpha value is -1.12. The van der Waals surface area contributed by atoms with Crippen LogP contribution in [0.4, 0.5) is 0 Å². The van der Waals surface area contributed by atoms with Gasteiger partial charge in [0, 0.05) is 10.9 Å². The Labute approximate surface area is 123 Å². The second kappa shape index (κ2) is 5.48. The first kappa shape index (κ1) is 14.3. The first-order valence-electron chi connectivity index (χ1n) is 6.43. The summed E-state index contributed by atoms with van der Waals surface area (Å²) in [7, 11) is 0. The Morgan fingerprint density at radius 3 is 2.26 bits per heavy atom. The van der Waals surface area contributed by atoms with Crippen LogP contribution in [0.2, 0.25) is 0 Å². The first-order valence-corrected chi connectivity index (χ1v) is 7.22. The molecule has 0 aliphatic rings. The fourth-order valence-corrected chi connectivity index (χ4v) is 2.78. The lowest BCUT2D eigenvalue weighted by Crippen LogP contribution is -2.25. The van der Waals surface area contributed by atoms with Gasteiger partial charge in [0.2, 0.25) is 0 Å². The average Bonchev–Trinajstić information content (AvgIpc) is 2.31. The van der Waals surface area contributed by atoms with Crippen molar-refractivity contribution < 1.29 is 5.11 Å². The zero-order valence-corrected chi connectivity index (χ0v) is 13.2. The van der Waals surface area contributed by atoms with Crippen molar-refractivity contribution in [3.8, 4) is 0 Å². The van der Waals surface area contributed by atoms with Crippen molar-refractivity contribution in [2.75, 3.05) is 0 Å². The Morgan fingerprint density at radius 2 is 1.68 bits per heavy atom. The molecular weight excluding hydrogens is 300 g/mol. The minimum Gasteiger partial charge on any atom is -0.385 e. The highest BCUT2D eigenvalue weighted by atomic mass is 79.9. The molecule has 0 aliphatic heterocycles. The molecule has 0 fully saturated rings. The van der Waals surface area contributed by atoms with E-state index in [9.17, 15) is 5.11 Å². The minimum absolute atomic E-state index is 0.615. The molecule has 0 heterocycles. The molecule has 0 radical (unpaired) electrons. The highest BCUT2D eigenvalue weighted by Crippen LogP contribution is 2.29. The smallest absolute Gasteiger partial charge is 0.0911 e. The molecule has 0 saturated carbocycles. The molecule has 19 heavy (non-hydrogen) atoms. The number of rotatable bonds is 3. The average molecular weight is 319 g/mol. The number of hydrogen-bond acceptors (Lipinski definition) is 1. The molecular formula is C17H19BrO. The van der Waals surface area contributed by atoms with Gasteiger partial charge in [-0.15, -0.1) is 0 Å². The van der Waals surface area contributed by atoms with E-state index in [1.54, 1.807) is 0 Å². The predicted molar refractivity (Wildman–Crippen MR) is 83.3 cm³/mol. The van der Waals surface area contributed by atoms with Gasteiger partial charge >= 0.3 is 0 Å². The molecule has 0 aliphatic carbocycles. The summed E-state index contributed by atoms with van der Waals surface area (Å²) in [6.07, 6.45) is 0.615. The monoisotopic (exact) mass is 318 g/mol. The molecule has 0 saturated heterocycles. The van der Waals surface area contributed by atoms with Gasteiger partial charge in [-0.05, 0) is 49.6 Å². The third-order valence-corrected chi connectivity index (χ3v) is 3.95. The summed E-state index contributed by atoms with van der Waals surface area (Å²) in [6, 6.07) is 14.3. The third-order valence-electron chi connectivity index (χ3n) is 3.42. The maximum atomic E-state index is 10.8. The van der Waals surface area contributed by atoms with Gasteiger partial charge in [-0.1, -0.05) is 51.8 Å². The summed E-state index contributed by atoms with van der Waals surface area (Å²) < 4.78 is 1.06. The van der Waals surface area contributed by atoms with Crippen LogP contribution in [0.3, 0.4) is 0 Å². The van der Waals surface area contributed by atoms with Crippen molar-refractivity contribution in [1.82, 2.24) is 0 Å². The zero-order chi connectivity index (χ0) is 14.0. The van der Waals surface area contributed by atoms with Gasteiger partial charge in [-0.3, -0.25) is 0 Å².